The molecule has 0 rings (SSSR count). The van der Waals surface area contributed by atoms with Crippen molar-refractivity contribution in [1.29, 1.82) is 0 Å². The molecular weight excluding hydrogens is 108 g/mol. The van der Waals surface area contributed by atoms with Gasteiger partial charge in [-0.25, -0.2) is 4.89 Å². The van der Waals surface area contributed by atoms with E-state index in [-0.39, 0.29) is 19.1 Å². The first-order valence-electron chi connectivity index (χ1n) is 2.72. The molecular formula is C5H12O3. The topological polar surface area (TPSA) is 49.7 Å². The van der Waals surface area contributed by atoms with Gasteiger partial charge in [-0.15, -0.1) is 0 Å². The Hall–Kier alpha value is -0.120. The molecule has 0 aromatic rings. The standard InChI is InChI=1S/C5H12O3/c1-2-5(3-6)4-8-7/h5-7H,2-4H2,1H3. The van der Waals surface area contributed by atoms with Crippen LogP contribution in [0.3, 0.4) is 0 Å². The molecule has 3 heteroatoms. The molecule has 0 radical (unpaired) electrons. The smallest absolute Gasteiger partial charge is 0.0869 e. The zero-order valence-electron chi connectivity index (χ0n) is 5.00. The monoisotopic (exact) mass is 120 g/mol. The molecule has 0 fully saturated rings. The van der Waals surface area contributed by atoms with Gasteiger partial charge >= 0.3 is 0 Å². The number of hydrogen-bond donors (Lipinski definition) is 2. The zero-order valence-corrected chi connectivity index (χ0v) is 5.00. The van der Waals surface area contributed by atoms with Crippen LogP contribution in [0.15, 0.2) is 0 Å². The first-order valence-corrected chi connectivity index (χ1v) is 2.72. The van der Waals surface area contributed by atoms with Crippen molar-refractivity contribution < 1.29 is 15.3 Å². The van der Waals surface area contributed by atoms with Gasteiger partial charge in [0, 0.05) is 12.5 Å². The fraction of sp³-hybridized carbons (Fsp3) is 1.00. The number of rotatable bonds is 4. The van der Waals surface area contributed by atoms with Gasteiger partial charge in [-0.3, -0.25) is 5.26 Å². The van der Waals surface area contributed by atoms with Crippen LogP contribution in [0, 0.1) is 5.92 Å². The molecule has 0 aromatic heterocycles. The highest BCUT2D eigenvalue weighted by Crippen LogP contribution is 1.99. The molecule has 50 valence electrons. The first-order chi connectivity index (χ1) is 3.85. The van der Waals surface area contributed by atoms with Crippen molar-refractivity contribution >= 4 is 0 Å². The normalized spacial score (nSPS) is 13.9. The molecule has 0 aromatic carbocycles. The molecule has 1 atom stereocenters. The summed E-state index contributed by atoms with van der Waals surface area (Å²) in [6, 6.07) is 0. The van der Waals surface area contributed by atoms with Crippen LogP contribution in [-0.2, 0) is 4.89 Å². The van der Waals surface area contributed by atoms with E-state index in [1.165, 1.54) is 0 Å². The molecule has 0 heterocycles. The lowest BCUT2D eigenvalue weighted by Gasteiger charge is -2.06. The van der Waals surface area contributed by atoms with E-state index in [1.807, 2.05) is 6.92 Å². The minimum absolute atomic E-state index is 0.0804. The van der Waals surface area contributed by atoms with Gasteiger partial charge in [0.15, 0.2) is 0 Å². The van der Waals surface area contributed by atoms with Gasteiger partial charge in [-0.2, -0.15) is 0 Å². The lowest BCUT2D eigenvalue weighted by molar-refractivity contribution is -0.252. The fourth-order valence-corrected chi connectivity index (χ4v) is 0.405. The second-order valence-corrected chi connectivity index (χ2v) is 1.75. The molecule has 0 aliphatic carbocycles. The van der Waals surface area contributed by atoms with Gasteiger partial charge in [-0.1, -0.05) is 6.92 Å². The number of aliphatic hydroxyl groups excluding tert-OH is 1. The third kappa shape index (κ3) is 2.96. The van der Waals surface area contributed by atoms with Crippen LogP contribution in [0.1, 0.15) is 13.3 Å². The maximum Gasteiger partial charge on any atom is 0.0869 e. The molecule has 0 saturated heterocycles. The Kier molecular flexibility index (Phi) is 4.95. The summed E-state index contributed by atoms with van der Waals surface area (Å²) in [7, 11) is 0. The highest BCUT2D eigenvalue weighted by Gasteiger charge is 2.02. The molecule has 1 unspecified atom stereocenters. The lowest BCUT2D eigenvalue weighted by Crippen LogP contribution is -2.11. The highest BCUT2D eigenvalue weighted by atomic mass is 17.1. The number of hydrogen-bond acceptors (Lipinski definition) is 3. The zero-order chi connectivity index (χ0) is 6.41. The summed E-state index contributed by atoms with van der Waals surface area (Å²) < 4.78 is 0. The van der Waals surface area contributed by atoms with Gasteiger partial charge in [0.2, 0.25) is 0 Å². The Morgan fingerprint density at radius 3 is 2.38 bits per heavy atom. The Balaban J connectivity index is 3.07. The van der Waals surface area contributed by atoms with Gasteiger partial charge in [0.1, 0.15) is 0 Å². The third-order valence-corrected chi connectivity index (χ3v) is 1.15. The molecule has 0 aliphatic rings. The van der Waals surface area contributed by atoms with Crippen LogP contribution in [-0.4, -0.2) is 23.6 Å². The van der Waals surface area contributed by atoms with Crippen LogP contribution in [0.5, 0.6) is 0 Å². The maximum absolute atomic E-state index is 8.47. The quantitative estimate of drug-likeness (QED) is 0.419. The molecule has 0 amide bonds. The predicted octanol–water partition coefficient (Wildman–Crippen LogP) is 0.494. The Morgan fingerprint density at radius 2 is 2.25 bits per heavy atom. The fourth-order valence-electron chi connectivity index (χ4n) is 0.405. The Morgan fingerprint density at radius 1 is 1.62 bits per heavy atom. The van der Waals surface area contributed by atoms with Crippen LogP contribution < -0.4 is 0 Å². The molecule has 2 N–H and O–H groups in total. The third-order valence-electron chi connectivity index (χ3n) is 1.15. The van der Waals surface area contributed by atoms with Crippen molar-refractivity contribution in [2.24, 2.45) is 5.92 Å². The summed E-state index contributed by atoms with van der Waals surface area (Å²) in [6.07, 6.45) is 0.830. The Bertz CT molecular complexity index is 42.9. The lowest BCUT2D eigenvalue weighted by atomic mass is 10.1. The van der Waals surface area contributed by atoms with Crippen LogP contribution in [0.4, 0.5) is 0 Å². The van der Waals surface area contributed by atoms with Crippen molar-refractivity contribution in [1.82, 2.24) is 0 Å². The van der Waals surface area contributed by atoms with Crippen LogP contribution in [0.2, 0.25) is 0 Å². The van der Waals surface area contributed by atoms with E-state index in [4.69, 9.17) is 10.4 Å². The van der Waals surface area contributed by atoms with Crippen LogP contribution >= 0.6 is 0 Å². The average molecular weight is 120 g/mol. The molecule has 0 saturated carbocycles. The summed E-state index contributed by atoms with van der Waals surface area (Å²) in [4.78, 5) is 3.83. The van der Waals surface area contributed by atoms with E-state index in [2.05, 4.69) is 4.89 Å². The van der Waals surface area contributed by atoms with Crippen molar-refractivity contribution in [2.75, 3.05) is 13.2 Å². The van der Waals surface area contributed by atoms with Gasteiger partial charge < -0.3 is 5.11 Å². The van der Waals surface area contributed by atoms with Gasteiger partial charge in [0.05, 0.1) is 6.61 Å². The second kappa shape index (κ2) is 5.03. The van der Waals surface area contributed by atoms with Gasteiger partial charge in [-0.05, 0) is 6.42 Å². The molecule has 3 nitrogen and oxygen atoms in total. The molecule has 0 bridgehead atoms. The Labute approximate surface area is 48.8 Å². The van der Waals surface area contributed by atoms with E-state index in [0.717, 1.165) is 6.42 Å². The van der Waals surface area contributed by atoms with Crippen molar-refractivity contribution in [3.8, 4) is 0 Å². The highest BCUT2D eigenvalue weighted by molar-refractivity contribution is 4.49. The summed E-state index contributed by atoms with van der Waals surface area (Å²) in [5, 5.41) is 16.4. The van der Waals surface area contributed by atoms with E-state index in [1.54, 1.807) is 0 Å². The molecule has 0 spiro atoms. The van der Waals surface area contributed by atoms with E-state index in [9.17, 15) is 0 Å². The maximum atomic E-state index is 8.47. The SMILES string of the molecule is CCC(CO)COO. The number of aliphatic hydroxyl groups is 1. The summed E-state index contributed by atoms with van der Waals surface area (Å²) in [6.45, 7) is 2.24. The summed E-state index contributed by atoms with van der Waals surface area (Å²) >= 11 is 0. The average Bonchev–Trinajstić information content (AvgIpc) is 1.83. The molecule has 0 aliphatic heterocycles. The van der Waals surface area contributed by atoms with Crippen molar-refractivity contribution in [3.63, 3.8) is 0 Å². The minimum Gasteiger partial charge on any atom is -0.396 e. The van der Waals surface area contributed by atoms with E-state index in [0.29, 0.717) is 0 Å². The van der Waals surface area contributed by atoms with E-state index >= 15 is 0 Å². The largest absolute Gasteiger partial charge is 0.396 e. The summed E-state index contributed by atoms with van der Waals surface area (Å²) in [5.41, 5.74) is 0. The van der Waals surface area contributed by atoms with Gasteiger partial charge in [0.25, 0.3) is 0 Å². The summed E-state index contributed by atoms with van der Waals surface area (Å²) in [5.74, 6) is 0.0833. The predicted molar refractivity (Wildman–Crippen MR) is 29.4 cm³/mol. The van der Waals surface area contributed by atoms with Crippen molar-refractivity contribution in [3.05, 3.63) is 0 Å². The molecule has 8 heavy (non-hydrogen) atoms. The van der Waals surface area contributed by atoms with Crippen molar-refractivity contribution in [2.45, 2.75) is 13.3 Å². The van der Waals surface area contributed by atoms with Crippen LogP contribution in [0.25, 0.3) is 0 Å². The second-order valence-electron chi connectivity index (χ2n) is 1.75. The first kappa shape index (κ1) is 7.88. The minimum atomic E-state index is 0.0804. The van der Waals surface area contributed by atoms with E-state index < -0.39 is 0 Å².